The Hall–Kier alpha value is 0.270. The molecule has 0 radical (unpaired) electrons. The first kappa shape index (κ1) is 29.3. The van der Waals surface area contributed by atoms with Gasteiger partial charge in [-0.05, 0) is 12.8 Å². The van der Waals surface area contributed by atoms with Crippen LogP contribution in [0.3, 0.4) is 0 Å². The van der Waals surface area contributed by atoms with E-state index in [2.05, 4.69) is 28.1 Å². The van der Waals surface area contributed by atoms with Gasteiger partial charge in [-0.1, -0.05) is 90.4 Å². The summed E-state index contributed by atoms with van der Waals surface area (Å²) in [6, 6.07) is 0. The lowest BCUT2D eigenvalue weighted by Gasteiger charge is -2.23. The Kier molecular flexibility index (Phi) is 23.2. The first-order valence-electron chi connectivity index (χ1n) is 12.4. The van der Waals surface area contributed by atoms with Crippen LogP contribution >= 0.6 is 9.03 Å². The molecule has 0 aromatic rings. The number of hydrogen-bond donors (Lipinski definition) is 0. The lowest BCUT2D eigenvalue weighted by molar-refractivity contribution is -0.870. The van der Waals surface area contributed by atoms with Crippen LogP contribution in [-0.4, -0.2) is 58.6 Å². The van der Waals surface area contributed by atoms with Crippen LogP contribution < -0.4 is 0 Å². The Labute approximate surface area is 185 Å². The summed E-state index contributed by atoms with van der Waals surface area (Å²) in [6.07, 6.45) is 20.6. The summed E-state index contributed by atoms with van der Waals surface area (Å²) in [6.45, 7) is 6.51. The van der Waals surface area contributed by atoms with Gasteiger partial charge in [-0.2, -0.15) is 0 Å². The van der Waals surface area contributed by atoms with Crippen molar-refractivity contribution in [3.05, 3.63) is 0 Å². The Morgan fingerprint density at radius 1 is 0.517 bits per heavy atom. The van der Waals surface area contributed by atoms with E-state index in [0.29, 0.717) is 0 Å². The van der Waals surface area contributed by atoms with Gasteiger partial charge in [0, 0.05) is 13.2 Å². The largest absolute Gasteiger partial charge is 0.381 e. The van der Waals surface area contributed by atoms with E-state index in [1.807, 2.05) is 0 Å². The van der Waals surface area contributed by atoms with Crippen molar-refractivity contribution in [1.82, 2.24) is 0 Å². The summed E-state index contributed by atoms with van der Waals surface area (Å²) in [5.41, 5.74) is 0. The molecule has 1 unspecified atom stereocenters. The molecule has 0 spiro atoms. The van der Waals surface area contributed by atoms with E-state index in [0.717, 1.165) is 43.9 Å². The third-order valence-corrected chi connectivity index (χ3v) is 5.80. The fourth-order valence-electron chi connectivity index (χ4n) is 3.18. The molecule has 29 heavy (non-hydrogen) atoms. The summed E-state index contributed by atoms with van der Waals surface area (Å²) in [7, 11) is 6.67. The second kappa shape index (κ2) is 22.9. The molecule has 0 aromatic carbocycles. The van der Waals surface area contributed by atoms with Gasteiger partial charge in [-0.15, -0.1) is 0 Å². The SMILES string of the molecule is CCCCCCCCCCCCCCCCOCCCOPOCC[N+](C)(C)C. The highest BCUT2D eigenvalue weighted by Gasteiger charge is 2.05. The molecule has 0 aromatic heterocycles. The number of nitrogens with zero attached hydrogens (tertiary/aromatic N) is 1. The second-order valence-corrected chi connectivity index (χ2v) is 10.1. The minimum absolute atomic E-state index is 0.163. The molecule has 0 N–H and O–H groups in total. The number of quaternary nitrogens is 1. The normalized spacial score (nSPS) is 12.4. The van der Waals surface area contributed by atoms with Crippen molar-refractivity contribution in [2.45, 2.75) is 103 Å². The van der Waals surface area contributed by atoms with Crippen LogP contribution in [0.1, 0.15) is 103 Å². The maximum Gasteiger partial charge on any atom is 0.155 e. The molecule has 0 fully saturated rings. The molecule has 5 heteroatoms. The minimum atomic E-state index is 0.163. The maximum absolute atomic E-state index is 5.69. The van der Waals surface area contributed by atoms with Gasteiger partial charge in [0.15, 0.2) is 9.03 Å². The first-order chi connectivity index (χ1) is 14.1. The Balaban J connectivity index is 3.02. The summed E-state index contributed by atoms with van der Waals surface area (Å²) in [5.74, 6) is 0. The highest BCUT2D eigenvalue weighted by molar-refractivity contribution is 7.26. The van der Waals surface area contributed by atoms with Gasteiger partial charge < -0.3 is 18.3 Å². The Morgan fingerprint density at radius 2 is 0.966 bits per heavy atom. The quantitative estimate of drug-likeness (QED) is 0.0919. The maximum atomic E-state index is 5.69. The van der Waals surface area contributed by atoms with Gasteiger partial charge in [0.1, 0.15) is 13.2 Å². The predicted molar refractivity (Wildman–Crippen MR) is 129 cm³/mol. The van der Waals surface area contributed by atoms with Crippen LogP contribution in [0.5, 0.6) is 0 Å². The molecule has 0 aliphatic rings. The van der Waals surface area contributed by atoms with Crippen molar-refractivity contribution in [1.29, 1.82) is 0 Å². The lowest BCUT2D eigenvalue weighted by Crippen LogP contribution is -2.37. The van der Waals surface area contributed by atoms with Gasteiger partial charge in [0.25, 0.3) is 0 Å². The zero-order chi connectivity index (χ0) is 21.5. The van der Waals surface area contributed by atoms with Crippen molar-refractivity contribution in [3.63, 3.8) is 0 Å². The van der Waals surface area contributed by atoms with Gasteiger partial charge in [0.2, 0.25) is 0 Å². The molecule has 4 nitrogen and oxygen atoms in total. The standard InChI is InChI=1S/C24H53NO3P/c1-5-6-7-8-9-10-11-12-13-14-15-16-17-18-21-26-22-19-23-27-29-28-24-20-25(2,3)4/h29H,5-24H2,1-4H3/q+1. The summed E-state index contributed by atoms with van der Waals surface area (Å²) < 4.78 is 17.6. The zero-order valence-corrected chi connectivity index (χ0v) is 21.3. The third kappa shape index (κ3) is 28.3. The van der Waals surface area contributed by atoms with Crippen molar-refractivity contribution >= 4 is 9.03 Å². The molecule has 176 valence electrons. The first-order valence-corrected chi connectivity index (χ1v) is 13.2. The van der Waals surface area contributed by atoms with Gasteiger partial charge in [0.05, 0.1) is 27.7 Å². The number of hydrogen-bond acceptors (Lipinski definition) is 3. The van der Waals surface area contributed by atoms with Gasteiger partial charge in [-0.3, -0.25) is 0 Å². The van der Waals surface area contributed by atoms with Crippen LogP contribution in [0.2, 0.25) is 0 Å². The summed E-state index contributed by atoms with van der Waals surface area (Å²) >= 11 is 0. The predicted octanol–water partition coefficient (Wildman–Crippen LogP) is 7.12. The number of likely N-dealkylation sites (N-methyl/N-ethyl adjacent to an activating group) is 1. The molecule has 0 rings (SSSR count). The third-order valence-electron chi connectivity index (χ3n) is 5.16. The monoisotopic (exact) mass is 434 g/mol. The number of unbranched alkanes of at least 4 members (excludes halogenated alkanes) is 13. The van der Waals surface area contributed by atoms with Crippen LogP contribution in [0.15, 0.2) is 0 Å². The topological polar surface area (TPSA) is 27.7 Å². The smallest absolute Gasteiger partial charge is 0.155 e. The minimum Gasteiger partial charge on any atom is -0.381 e. The van der Waals surface area contributed by atoms with Crippen molar-refractivity contribution in [3.8, 4) is 0 Å². The van der Waals surface area contributed by atoms with Crippen LogP contribution in [0, 0.1) is 0 Å². The molecule has 0 bridgehead atoms. The highest BCUT2D eigenvalue weighted by atomic mass is 31.1. The Bertz CT molecular complexity index is 311. The van der Waals surface area contributed by atoms with E-state index >= 15 is 0 Å². The lowest BCUT2D eigenvalue weighted by atomic mass is 10.0. The van der Waals surface area contributed by atoms with E-state index in [-0.39, 0.29) is 9.03 Å². The number of rotatable bonds is 24. The average molecular weight is 435 g/mol. The fourth-order valence-corrected chi connectivity index (χ4v) is 3.66. The van der Waals surface area contributed by atoms with E-state index in [1.165, 1.54) is 89.9 Å². The number of ether oxygens (including phenoxy) is 1. The molecule has 0 heterocycles. The fraction of sp³-hybridized carbons (Fsp3) is 1.00. The molecular weight excluding hydrogens is 381 g/mol. The zero-order valence-electron chi connectivity index (χ0n) is 20.3. The second-order valence-electron chi connectivity index (χ2n) is 9.36. The van der Waals surface area contributed by atoms with E-state index in [4.69, 9.17) is 13.8 Å². The Morgan fingerprint density at radius 3 is 1.48 bits per heavy atom. The van der Waals surface area contributed by atoms with Crippen molar-refractivity contribution in [2.24, 2.45) is 0 Å². The molecule has 0 aliphatic carbocycles. The van der Waals surface area contributed by atoms with E-state index in [9.17, 15) is 0 Å². The molecular formula is C24H53NO3P+. The van der Waals surface area contributed by atoms with E-state index < -0.39 is 0 Å². The highest BCUT2D eigenvalue weighted by Crippen LogP contribution is 2.14. The van der Waals surface area contributed by atoms with E-state index in [1.54, 1.807) is 0 Å². The molecule has 0 saturated carbocycles. The van der Waals surface area contributed by atoms with Crippen LogP contribution in [-0.2, 0) is 13.8 Å². The van der Waals surface area contributed by atoms with Gasteiger partial charge >= 0.3 is 0 Å². The molecule has 1 atom stereocenters. The van der Waals surface area contributed by atoms with Crippen molar-refractivity contribution < 1.29 is 18.3 Å². The summed E-state index contributed by atoms with van der Waals surface area (Å²) in [4.78, 5) is 0. The van der Waals surface area contributed by atoms with Crippen molar-refractivity contribution in [2.75, 3.05) is 54.1 Å². The van der Waals surface area contributed by atoms with Crippen LogP contribution in [0.25, 0.3) is 0 Å². The molecule has 0 saturated heterocycles. The van der Waals surface area contributed by atoms with Gasteiger partial charge in [-0.25, -0.2) is 0 Å². The molecule has 0 aliphatic heterocycles. The average Bonchev–Trinajstić information content (AvgIpc) is 2.67. The summed E-state index contributed by atoms with van der Waals surface area (Å²) in [5, 5.41) is 0. The van der Waals surface area contributed by atoms with Crippen LogP contribution in [0.4, 0.5) is 0 Å². The molecule has 0 amide bonds.